The predicted molar refractivity (Wildman–Crippen MR) is 192 cm³/mol. The first-order valence-corrected chi connectivity index (χ1v) is 15.8. The molecule has 0 spiro atoms. The minimum Gasteiger partial charge on any atom is -0.456 e. The summed E-state index contributed by atoms with van der Waals surface area (Å²) in [6.45, 7) is 0. The molecule has 46 heavy (non-hydrogen) atoms. The van der Waals surface area contributed by atoms with Gasteiger partial charge in [0, 0.05) is 27.4 Å². The SMILES string of the molecule is c1ccc(-n2c3cc(-c4cccc(-c5ccc6c(c5)-c5cccc7cccc(c57)O6)c4)ccc3c3c4ccccc4ccc32)cc1. The van der Waals surface area contributed by atoms with Gasteiger partial charge in [-0.05, 0) is 92.5 Å². The van der Waals surface area contributed by atoms with Gasteiger partial charge >= 0.3 is 0 Å². The summed E-state index contributed by atoms with van der Waals surface area (Å²) >= 11 is 0. The van der Waals surface area contributed by atoms with E-state index in [-0.39, 0.29) is 0 Å². The van der Waals surface area contributed by atoms with Crippen LogP contribution in [0.4, 0.5) is 0 Å². The van der Waals surface area contributed by atoms with E-state index in [4.69, 9.17) is 4.74 Å². The second-order valence-electron chi connectivity index (χ2n) is 12.1. The van der Waals surface area contributed by atoms with Gasteiger partial charge in [-0.1, -0.05) is 115 Å². The highest BCUT2D eigenvalue weighted by atomic mass is 16.5. The Kier molecular flexibility index (Phi) is 5.31. The number of para-hydroxylation sites is 1. The molecule has 0 unspecified atom stereocenters. The third kappa shape index (κ3) is 3.71. The van der Waals surface area contributed by atoms with Crippen LogP contribution in [0.15, 0.2) is 164 Å². The second-order valence-corrected chi connectivity index (χ2v) is 12.1. The quantitative estimate of drug-likeness (QED) is 0.201. The Labute approximate surface area is 266 Å². The lowest BCUT2D eigenvalue weighted by Gasteiger charge is -2.22. The highest BCUT2D eigenvalue weighted by Gasteiger charge is 2.21. The molecule has 0 atom stereocenters. The van der Waals surface area contributed by atoms with E-state index in [9.17, 15) is 0 Å². The largest absolute Gasteiger partial charge is 0.456 e. The lowest BCUT2D eigenvalue weighted by molar-refractivity contribution is 0.487. The van der Waals surface area contributed by atoms with Crippen LogP contribution in [0, 0.1) is 0 Å². The van der Waals surface area contributed by atoms with E-state index in [1.54, 1.807) is 0 Å². The molecule has 2 nitrogen and oxygen atoms in total. The number of ether oxygens (including phenoxy) is 1. The Bertz CT molecular complexity index is 2660. The minimum absolute atomic E-state index is 0.901. The Hall–Kier alpha value is -6.12. The van der Waals surface area contributed by atoms with Crippen molar-refractivity contribution >= 4 is 43.4 Å². The first-order chi connectivity index (χ1) is 22.8. The van der Waals surface area contributed by atoms with Gasteiger partial charge < -0.3 is 9.30 Å². The molecule has 8 aromatic carbocycles. The first-order valence-electron chi connectivity index (χ1n) is 15.8. The average Bonchev–Trinajstić information content (AvgIpc) is 3.46. The fourth-order valence-corrected chi connectivity index (χ4v) is 7.44. The summed E-state index contributed by atoms with van der Waals surface area (Å²) in [7, 11) is 0. The molecule has 1 aliphatic heterocycles. The standard InChI is InChI=1S/C44H27NO/c1-2-14-34(15-3-1)45-39-23-20-28-9-4-5-16-35(28)44(39)37-22-19-33(27-40(37)45)31-13-6-12-30(25-31)32-21-24-41-38(26-32)36-17-7-10-29-11-8-18-42(46-41)43(29)36/h1-27H. The van der Waals surface area contributed by atoms with Gasteiger partial charge in [-0.15, -0.1) is 0 Å². The van der Waals surface area contributed by atoms with E-state index in [2.05, 4.69) is 168 Å². The number of aromatic nitrogens is 1. The molecule has 0 amide bonds. The summed E-state index contributed by atoms with van der Waals surface area (Å²) in [5.41, 5.74) is 10.7. The van der Waals surface area contributed by atoms with Crippen LogP contribution < -0.4 is 4.74 Å². The van der Waals surface area contributed by atoms with Crippen molar-refractivity contribution < 1.29 is 4.74 Å². The summed E-state index contributed by atoms with van der Waals surface area (Å²) < 4.78 is 8.78. The fraction of sp³-hybridized carbons (Fsp3) is 0. The van der Waals surface area contributed by atoms with Crippen LogP contribution in [0.5, 0.6) is 11.5 Å². The van der Waals surface area contributed by atoms with Crippen molar-refractivity contribution in [1.82, 2.24) is 4.57 Å². The molecule has 1 aromatic heterocycles. The van der Waals surface area contributed by atoms with E-state index >= 15 is 0 Å². The lowest BCUT2D eigenvalue weighted by atomic mass is 9.91. The van der Waals surface area contributed by atoms with Gasteiger partial charge in [-0.25, -0.2) is 0 Å². The number of rotatable bonds is 3. The molecule has 10 rings (SSSR count). The van der Waals surface area contributed by atoms with E-state index in [0.717, 1.165) is 22.7 Å². The van der Waals surface area contributed by atoms with Gasteiger partial charge in [-0.2, -0.15) is 0 Å². The minimum atomic E-state index is 0.901. The smallest absolute Gasteiger partial charge is 0.135 e. The summed E-state index contributed by atoms with van der Waals surface area (Å²) in [6.07, 6.45) is 0. The van der Waals surface area contributed by atoms with Crippen LogP contribution >= 0.6 is 0 Å². The van der Waals surface area contributed by atoms with Gasteiger partial charge in [0.05, 0.1) is 11.0 Å². The molecular formula is C44H27NO. The molecule has 0 N–H and O–H groups in total. The van der Waals surface area contributed by atoms with Gasteiger partial charge in [0.2, 0.25) is 0 Å². The Morgan fingerprint density at radius 1 is 0.370 bits per heavy atom. The number of nitrogens with zero attached hydrogens (tertiary/aromatic N) is 1. The van der Waals surface area contributed by atoms with Gasteiger partial charge in [0.25, 0.3) is 0 Å². The zero-order chi connectivity index (χ0) is 30.2. The zero-order valence-corrected chi connectivity index (χ0v) is 24.9. The number of fused-ring (bicyclic) bond motifs is 7. The molecular weight excluding hydrogens is 558 g/mol. The summed E-state index contributed by atoms with van der Waals surface area (Å²) in [6, 6.07) is 59.1. The van der Waals surface area contributed by atoms with Crippen LogP contribution in [0.2, 0.25) is 0 Å². The normalized spacial score (nSPS) is 12.1. The molecule has 9 aromatic rings. The molecule has 0 saturated heterocycles. The van der Waals surface area contributed by atoms with E-state index in [0.29, 0.717) is 0 Å². The molecule has 2 heterocycles. The Morgan fingerprint density at radius 2 is 1.09 bits per heavy atom. The number of benzene rings is 8. The van der Waals surface area contributed by atoms with Crippen LogP contribution in [-0.4, -0.2) is 4.57 Å². The molecule has 0 fully saturated rings. The fourth-order valence-electron chi connectivity index (χ4n) is 7.44. The maximum atomic E-state index is 6.37. The van der Waals surface area contributed by atoms with Crippen molar-refractivity contribution in [2.24, 2.45) is 0 Å². The average molecular weight is 586 g/mol. The van der Waals surface area contributed by atoms with Crippen molar-refractivity contribution in [3.05, 3.63) is 164 Å². The van der Waals surface area contributed by atoms with E-state index < -0.39 is 0 Å². The summed E-state index contributed by atoms with van der Waals surface area (Å²) in [5.74, 6) is 1.82. The summed E-state index contributed by atoms with van der Waals surface area (Å²) in [4.78, 5) is 0. The molecule has 2 heteroatoms. The lowest BCUT2D eigenvalue weighted by Crippen LogP contribution is -1.97. The van der Waals surface area contributed by atoms with Crippen molar-refractivity contribution in [3.63, 3.8) is 0 Å². The molecule has 0 saturated carbocycles. The predicted octanol–water partition coefficient (Wildman–Crippen LogP) is 12.2. The Morgan fingerprint density at radius 3 is 1.98 bits per heavy atom. The van der Waals surface area contributed by atoms with Crippen LogP contribution in [0.3, 0.4) is 0 Å². The topological polar surface area (TPSA) is 14.2 Å². The Balaban J connectivity index is 1.14. The summed E-state index contributed by atoms with van der Waals surface area (Å²) in [5, 5.41) is 7.48. The molecule has 0 bridgehead atoms. The monoisotopic (exact) mass is 585 g/mol. The van der Waals surface area contributed by atoms with Gasteiger partial charge in [0.1, 0.15) is 11.5 Å². The van der Waals surface area contributed by atoms with Crippen LogP contribution in [0.1, 0.15) is 0 Å². The third-order valence-corrected chi connectivity index (χ3v) is 9.56. The van der Waals surface area contributed by atoms with Crippen molar-refractivity contribution in [2.45, 2.75) is 0 Å². The molecule has 1 aliphatic rings. The van der Waals surface area contributed by atoms with Gasteiger partial charge in [0.15, 0.2) is 0 Å². The van der Waals surface area contributed by atoms with Crippen molar-refractivity contribution in [2.75, 3.05) is 0 Å². The van der Waals surface area contributed by atoms with E-state index in [1.807, 2.05) is 0 Å². The first kappa shape index (κ1) is 25.2. The van der Waals surface area contributed by atoms with E-state index in [1.165, 1.54) is 71.2 Å². The molecule has 214 valence electrons. The number of hydrogen-bond donors (Lipinski definition) is 0. The number of hydrogen-bond acceptors (Lipinski definition) is 1. The molecule has 0 radical (unpaired) electrons. The second kappa shape index (κ2) is 9.69. The third-order valence-electron chi connectivity index (χ3n) is 9.56. The highest BCUT2D eigenvalue weighted by molar-refractivity contribution is 6.21. The van der Waals surface area contributed by atoms with Gasteiger partial charge in [-0.3, -0.25) is 0 Å². The highest BCUT2D eigenvalue weighted by Crippen LogP contribution is 2.47. The van der Waals surface area contributed by atoms with Crippen molar-refractivity contribution in [3.8, 4) is 50.6 Å². The van der Waals surface area contributed by atoms with Crippen LogP contribution in [0.25, 0.3) is 82.4 Å². The zero-order valence-electron chi connectivity index (χ0n) is 24.9. The maximum absolute atomic E-state index is 6.37. The van der Waals surface area contributed by atoms with Crippen molar-refractivity contribution in [1.29, 1.82) is 0 Å². The van der Waals surface area contributed by atoms with Crippen LogP contribution in [-0.2, 0) is 0 Å². The molecule has 0 aliphatic carbocycles. The maximum Gasteiger partial charge on any atom is 0.135 e.